The molecule has 0 spiro atoms. The Hall–Kier alpha value is -4.68. The van der Waals surface area contributed by atoms with Gasteiger partial charge in [-0.15, -0.1) is 0 Å². The smallest absolute Gasteiger partial charge is 0.0258 e. The van der Waals surface area contributed by atoms with Gasteiger partial charge in [0.05, 0.1) is 0 Å². The molecule has 0 nitrogen and oxygen atoms in total. The first-order chi connectivity index (χ1) is 25.9. The third-order valence-corrected chi connectivity index (χ3v) is 12.1. The van der Waals surface area contributed by atoms with E-state index in [0.29, 0.717) is 11.8 Å². The first-order valence-corrected chi connectivity index (χ1v) is 20.1. The summed E-state index contributed by atoms with van der Waals surface area (Å²) in [4.78, 5) is 0. The van der Waals surface area contributed by atoms with E-state index in [1.165, 1.54) is 61.3 Å². The van der Waals surface area contributed by atoms with Crippen LogP contribution in [0.15, 0.2) is 191 Å². The van der Waals surface area contributed by atoms with Crippen molar-refractivity contribution in [2.24, 2.45) is 17.3 Å². The first-order valence-electron chi connectivity index (χ1n) is 20.1. The van der Waals surface area contributed by atoms with Gasteiger partial charge in [-0.25, -0.2) is 0 Å². The van der Waals surface area contributed by atoms with Gasteiger partial charge in [0.2, 0.25) is 0 Å². The van der Waals surface area contributed by atoms with Gasteiger partial charge in [0, 0.05) is 23.7 Å². The van der Waals surface area contributed by atoms with Gasteiger partial charge < -0.3 is 0 Å². The van der Waals surface area contributed by atoms with E-state index in [9.17, 15) is 0 Å². The van der Waals surface area contributed by atoms with Crippen LogP contribution in [0.3, 0.4) is 0 Å². The number of allylic oxidation sites excluding steroid dienone is 17. The molecule has 0 N–H and O–H groups in total. The van der Waals surface area contributed by atoms with Crippen molar-refractivity contribution in [1.29, 1.82) is 0 Å². The van der Waals surface area contributed by atoms with Crippen LogP contribution in [-0.4, -0.2) is 0 Å². The van der Waals surface area contributed by atoms with Crippen LogP contribution in [0.2, 0.25) is 0 Å². The topological polar surface area (TPSA) is 0 Å². The lowest BCUT2D eigenvalue weighted by atomic mass is 9.66. The number of rotatable bonds is 4. The van der Waals surface area contributed by atoms with E-state index in [4.69, 9.17) is 6.58 Å². The molecule has 0 radical (unpaired) electrons. The van der Waals surface area contributed by atoms with Crippen molar-refractivity contribution < 1.29 is 0 Å². The fourth-order valence-corrected chi connectivity index (χ4v) is 8.95. The van der Waals surface area contributed by atoms with Crippen LogP contribution >= 0.6 is 0 Å². The predicted molar refractivity (Wildman–Crippen MR) is 237 cm³/mol. The summed E-state index contributed by atoms with van der Waals surface area (Å²) in [6.07, 6.45) is 26.9. The SMILES string of the molecule is C=C1C/C=C(\C)C(C2(C)C=CC(C)=CC2)/C(C)=C/C=C(\C)C(c2ccccc2)C/C=C\C(C)C(c2ccc(C)cc2)/C(C)=C/C=C(\C)C1c1ccccc1. The Morgan fingerprint density at radius 1 is 0.611 bits per heavy atom. The first kappa shape index (κ1) is 40.5. The second-order valence-electron chi connectivity index (χ2n) is 16.6. The molecule has 5 rings (SSSR count). The fraction of sp³-hybridized carbons (Fsp3) is 0.333. The number of aryl methyl sites for hydroxylation is 1. The lowest BCUT2D eigenvalue weighted by Gasteiger charge is -2.38. The van der Waals surface area contributed by atoms with E-state index < -0.39 is 0 Å². The Morgan fingerprint density at radius 3 is 1.83 bits per heavy atom. The van der Waals surface area contributed by atoms with Crippen molar-refractivity contribution in [2.45, 2.75) is 99.3 Å². The molecule has 54 heavy (non-hydrogen) atoms. The van der Waals surface area contributed by atoms with E-state index in [-0.39, 0.29) is 23.2 Å². The molecule has 3 aromatic carbocycles. The zero-order valence-electron chi connectivity index (χ0n) is 34.6. The Labute approximate surface area is 328 Å². The maximum atomic E-state index is 4.78. The van der Waals surface area contributed by atoms with Crippen LogP contribution in [0, 0.1) is 24.2 Å². The van der Waals surface area contributed by atoms with Gasteiger partial charge >= 0.3 is 0 Å². The van der Waals surface area contributed by atoms with Crippen LogP contribution < -0.4 is 0 Å². The largest absolute Gasteiger partial charge is 0.0986 e. The molecular weight excluding hydrogens is 649 g/mol. The van der Waals surface area contributed by atoms with E-state index >= 15 is 0 Å². The predicted octanol–water partition coefficient (Wildman–Crippen LogP) is 15.4. The van der Waals surface area contributed by atoms with Gasteiger partial charge in [0.15, 0.2) is 0 Å². The van der Waals surface area contributed by atoms with E-state index in [1.54, 1.807) is 0 Å². The maximum absolute atomic E-state index is 4.78. The Morgan fingerprint density at radius 2 is 1.20 bits per heavy atom. The van der Waals surface area contributed by atoms with E-state index in [0.717, 1.165) is 19.3 Å². The summed E-state index contributed by atoms with van der Waals surface area (Å²) in [6.45, 7) is 25.6. The second-order valence-corrected chi connectivity index (χ2v) is 16.6. The molecule has 0 aliphatic heterocycles. The van der Waals surface area contributed by atoms with Crippen molar-refractivity contribution in [3.8, 4) is 0 Å². The summed E-state index contributed by atoms with van der Waals surface area (Å²) < 4.78 is 0. The van der Waals surface area contributed by atoms with Crippen LogP contribution in [0.5, 0.6) is 0 Å². The second kappa shape index (κ2) is 18.6. The minimum atomic E-state index is -0.0105. The third kappa shape index (κ3) is 10.1. The quantitative estimate of drug-likeness (QED) is 0.236. The van der Waals surface area contributed by atoms with E-state index in [2.05, 4.69) is 208 Å². The Balaban J connectivity index is 1.66. The number of benzene rings is 3. The molecule has 2 aliphatic rings. The lowest BCUT2D eigenvalue weighted by molar-refractivity contribution is 0.330. The maximum Gasteiger partial charge on any atom is 0.0258 e. The van der Waals surface area contributed by atoms with Gasteiger partial charge in [-0.05, 0) is 95.8 Å². The van der Waals surface area contributed by atoms with Gasteiger partial charge in [-0.2, -0.15) is 0 Å². The molecule has 2 aliphatic carbocycles. The fourth-order valence-electron chi connectivity index (χ4n) is 8.95. The van der Waals surface area contributed by atoms with Crippen LogP contribution in [-0.2, 0) is 0 Å². The highest BCUT2D eigenvalue weighted by atomic mass is 14.4. The van der Waals surface area contributed by atoms with Crippen LogP contribution in [0.25, 0.3) is 0 Å². The summed E-state index contributed by atoms with van der Waals surface area (Å²) in [7, 11) is 0. The highest BCUT2D eigenvalue weighted by Gasteiger charge is 2.34. The van der Waals surface area contributed by atoms with Crippen LogP contribution in [0.4, 0.5) is 0 Å². The third-order valence-electron chi connectivity index (χ3n) is 12.1. The molecule has 0 heteroatoms. The molecule has 0 heterocycles. The van der Waals surface area contributed by atoms with E-state index in [1.807, 2.05) is 0 Å². The molecule has 0 bridgehead atoms. The molecule has 0 fully saturated rings. The van der Waals surface area contributed by atoms with Gasteiger partial charge in [0.1, 0.15) is 0 Å². The van der Waals surface area contributed by atoms with Crippen molar-refractivity contribution in [3.05, 3.63) is 214 Å². The molecule has 0 aromatic heterocycles. The standard InChI is InChI=1S/C54H64/c1-38-24-32-49(33-25-38)51-41(4)18-17-23-50(47-19-13-11-14-20-47)40(3)26-30-45(8)53(54(10)36-34-39(2)35-37-54)46(9)31-29-44(7)52(43(6)28-27-42(51)5)48-21-15-12-16-22-48/h11-22,24-28,30-36,41,50-53H,7,23,29,37H2,1-6,8-10H3/b18-17-,40-26+,42-27+,43-28+,45-30+,46-31+. The highest BCUT2D eigenvalue weighted by molar-refractivity contribution is 5.42. The normalized spacial score (nSPS) is 31.9. The monoisotopic (exact) mass is 713 g/mol. The highest BCUT2D eigenvalue weighted by Crippen LogP contribution is 2.45. The van der Waals surface area contributed by atoms with Gasteiger partial charge in [-0.3, -0.25) is 0 Å². The molecular formula is C54H64. The average molecular weight is 713 g/mol. The number of hydrogen-bond acceptors (Lipinski definition) is 0. The minimum Gasteiger partial charge on any atom is -0.0986 e. The molecule has 6 atom stereocenters. The van der Waals surface area contributed by atoms with Crippen molar-refractivity contribution in [3.63, 3.8) is 0 Å². The van der Waals surface area contributed by atoms with Crippen molar-refractivity contribution in [1.82, 2.24) is 0 Å². The molecule has 0 saturated carbocycles. The molecule has 3 aromatic rings. The summed E-state index contributed by atoms with van der Waals surface area (Å²) in [5, 5.41) is 0. The lowest BCUT2D eigenvalue weighted by Crippen LogP contribution is -2.28. The zero-order valence-corrected chi connectivity index (χ0v) is 34.6. The number of hydrogen-bond donors (Lipinski definition) is 0. The van der Waals surface area contributed by atoms with Gasteiger partial charge in [-0.1, -0.05) is 211 Å². The average Bonchev–Trinajstić information content (AvgIpc) is 3.16. The Kier molecular flexibility index (Phi) is 13.9. The minimum absolute atomic E-state index is 0.0105. The van der Waals surface area contributed by atoms with Gasteiger partial charge in [0.25, 0.3) is 0 Å². The Bertz CT molecular complexity index is 1980. The van der Waals surface area contributed by atoms with Crippen molar-refractivity contribution in [2.75, 3.05) is 0 Å². The summed E-state index contributed by atoms with van der Waals surface area (Å²) >= 11 is 0. The van der Waals surface area contributed by atoms with Crippen molar-refractivity contribution >= 4 is 0 Å². The molecule has 6 unspecified atom stereocenters. The summed E-state index contributed by atoms with van der Waals surface area (Å²) in [6, 6.07) is 31.2. The molecule has 280 valence electrons. The molecule has 0 amide bonds. The summed E-state index contributed by atoms with van der Waals surface area (Å²) in [5.74, 6) is 1.29. The zero-order chi connectivity index (χ0) is 38.8. The summed E-state index contributed by atoms with van der Waals surface area (Å²) in [5.41, 5.74) is 14.8. The van der Waals surface area contributed by atoms with Crippen LogP contribution in [0.1, 0.15) is 115 Å². The molecule has 0 saturated heterocycles.